The van der Waals surface area contributed by atoms with Crippen LogP contribution in [0.5, 0.6) is 0 Å². The van der Waals surface area contributed by atoms with Gasteiger partial charge in [0.25, 0.3) is 0 Å². The Morgan fingerprint density at radius 2 is 1.62 bits per heavy atom. The molecular weight excluding hydrogens is 102 g/mol. The minimum absolute atomic E-state index is 0.148. The van der Waals surface area contributed by atoms with Gasteiger partial charge in [0.1, 0.15) is 0 Å². The molecule has 0 aromatic carbocycles. The fourth-order valence-electron chi connectivity index (χ4n) is 0.420. The molecule has 0 N–H and O–H groups in total. The molecule has 0 aliphatic carbocycles. The molecule has 0 radical (unpaired) electrons. The average molecular weight is 116 g/mol. The van der Waals surface area contributed by atoms with Gasteiger partial charge < -0.3 is 10.3 Å². The van der Waals surface area contributed by atoms with Gasteiger partial charge in [-0.05, 0) is 19.0 Å². The zero-order valence-corrected chi connectivity index (χ0v) is 6.01. The molecule has 0 aliphatic heterocycles. The van der Waals surface area contributed by atoms with E-state index in [-0.39, 0.29) is 6.04 Å². The third-order valence-corrected chi connectivity index (χ3v) is 1.54. The van der Waals surface area contributed by atoms with Crippen molar-refractivity contribution in [2.75, 3.05) is 7.05 Å². The van der Waals surface area contributed by atoms with Gasteiger partial charge in [0.15, 0.2) is 0 Å². The second-order valence-electron chi connectivity index (χ2n) is 2.53. The van der Waals surface area contributed by atoms with Crippen LogP contribution in [0.4, 0.5) is 0 Å². The van der Waals surface area contributed by atoms with E-state index in [1.165, 1.54) is 0 Å². The van der Waals surface area contributed by atoms with E-state index in [1.807, 2.05) is 20.8 Å². The lowest BCUT2D eigenvalue weighted by Crippen LogP contribution is -2.27. The van der Waals surface area contributed by atoms with Gasteiger partial charge in [-0.3, -0.25) is 0 Å². The van der Waals surface area contributed by atoms with Gasteiger partial charge in [-0.2, -0.15) is 0 Å². The van der Waals surface area contributed by atoms with Crippen molar-refractivity contribution in [3.63, 3.8) is 0 Å². The van der Waals surface area contributed by atoms with E-state index in [4.69, 9.17) is 0 Å². The molecular formula is C6H14NO-. The number of hydroxylamine groups is 2. The SMILES string of the molecule is CC(C)[C@H](C)N(C)[O-]. The van der Waals surface area contributed by atoms with Gasteiger partial charge >= 0.3 is 0 Å². The van der Waals surface area contributed by atoms with E-state index in [1.54, 1.807) is 7.05 Å². The standard InChI is InChI=1S/C6H14NO/c1-5(2)6(3)7(4)8/h5-6H,1-4H3/q-1/t6-/m0/s1. The summed E-state index contributed by atoms with van der Waals surface area (Å²) >= 11 is 0. The van der Waals surface area contributed by atoms with Gasteiger partial charge in [0, 0.05) is 0 Å². The van der Waals surface area contributed by atoms with Crippen LogP contribution in [0.1, 0.15) is 20.8 Å². The van der Waals surface area contributed by atoms with E-state index in [2.05, 4.69) is 0 Å². The highest BCUT2D eigenvalue weighted by molar-refractivity contribution is 4.65. The Morgan fingerprint density at radius 3 is 1.62 bits per heavy atom. The molecule has 0 fully saturated rings. The Morgan fingerprint density at radius 1 is 1.25 bits per heavy atom. The molecule has 2 heteroatoms. The summed E-state index contributed by atoms with van der Waals surface area (Å²) in [5.74, 6) is 0.456. The molecule has 8 heavy (non-hydrogen) atoms. The van der Waals surface area contributed by atoms with Crippen LogP contribution in [0, 0.1) is 11.1 Å². The Bertz CT molecular complexity index is 53.5. The molecule has 0 saturated carbocycles. The largest absolute Gasteiger partial charge is 0.785 e. The number of hydrogen-bond acceptors (Lipinski definition) is 2. The fourth-order valence-corrected chi connectivity index (χ4v) is 0.420. The Labute approximate surface area is 51.1 Å². The van der Waals surface area contributed by atoms with Crippen LogP contribution >= 0.6 is 0 Å². The maximum Gasteiger partial charge on any atom is -0.00336 e. The van der Waals surface area contributed by atoms with E-state index in [0.717, 1.165) is 5.06 Å². The molecule has 0 bridgehead atoms. The van der Waals surface area contributed by atoms with E-state index in [9.17, 15) is 5.21 Å². The first-order valence-corrected chi connectivity index (χ1v) is 2.95. The summed E-state index contributed by atoms with van der Waals surface area (Å²) in [6.07, 6.45) is 0. The third kappa shape index (κ3) is 2.28. The zero-order valence-electron chi connectivity index (χ0n) is 6.01. The minimum Gasteiger partial charge on any atom is -0.785 e. The molecule has 1 atom stereocenters. The smallest absolute Gasteiger partial charge is 0.00336 e. The molecule has 0 spiro atoms. The van der Waals surface area contributed by atoms with E-state index < -0.39 is 0 Å². The molecule has 0 aromatic heterocycles. The van der Waals surface area contributed by atoms with Crippen molar-refractivity contribution in [1.82, 2.24) is 5.06 Å². The summed E-state index contributed by atoms with van der Waals surface area (Å²) in [5.41, 5.74) is 0. The molecule has 0 rings (SSSR count). The maximum atomic E-state index is 10.5. The van der Waals surface area contributed by atoms with E-state index in [0.29, 0.717) is 5.92 Å². The van der Waals surface area contributed by atoms with E-state index >= 15 is 0 Å². The highest BCUT2D eigenvalue weighted by Gasteiger charge is 2.03. The molecule has 50 valence electrons. The quantitative estimate of drug-likeness (QED) is 0.510. The lowest BCUT2D eigenvalue weighted by atomic mass is 10.1. The second-order valence-corrected chi connectivity index (χ2v) is 2.53. The predicted molar refractivity (Wildman–Crippen MR) is 35.4 cm³/mol. The Kier molecular flexibility index (Phi) is 3.02. The van der Waals surface area contributed by atoms with Crippen LogP contribution in [-0.2, 0) is 0 Å². The predicted octanol–water partition coefficient (Wildman–Crippen LogP) is 1.46. The van der Waals surface area contributed by atoms with Gasteiger partial charge in [0.2, 0.25) is 0 Å². The van der Waals surface area contributed by atoms with Crippen LogP contribution < -0.4 is 0 Å². The first-order valence-electron chi connectivity index (χ1n) is 2.95. The summed E-state index contributed by atoms with van der Waals surface area (Å²) in [4.78, 5) is 0. The summed E-state index contributed by atoms with van der Waals surface area (Å²) in [6, 6.07) is 0.148. The number of nitrogens with zero attached hydrogens (tertiary/aromatic N) is 1. The molecule has 2 nitrogen and oxygen atoms in total. The summed E-state index contributed by atoms with van der Waals surface area (Å²) in [6.45, 7) is 6.01. The third-order valence-electron chi connectivity index (χ3n) is 1.54. The van der Waals surface area contributed by atoms with Gasteiger partial charge in [0.05, 0.1) is 0 Å². The van der Waals surface area contributed by atoms with Crippen LogP contribution in [-0.4, -0.2) is 18.2 Å². The molecule has 0 unspecified atom stereocenters. The average Bonchev–Trinajstić information content (AvgIpc) is 1.64. The van der Waals surface area contributed by atoms with Crippen molar-refractivity contribution in [1.29, 1.82) is 0 Å². The number of rotatable bonds is 2. The van der Waals surface area contributed by atoms with Crippen molar-refractivity contribution in [2.45, 2.75) is 26.8 Å². The molecule has 0 aromatic rings. The van der Waals surface area contributed by atoms with Crippen LogP contribution in [0.2, 0.25) is 0 Å². The zero-order chi connectivity index (χ0) is 6.73. The molecule has 0 aliphatic rings. The van der Waals surface area contributed by atoms with Crippen molar-refractivity contribution in [2.24, 2.45) is 5.92 Å². The lowest BCUT2D eigenvalue weighted by Gasteiger charge is -2.32. The first kappa shape index (κ1) is 7.92. The van der Waals surface area contributed by atoms with Crippen molar-refractivity contribution < 1.29 is 0 Å². The number of hydrogen-bond donors (Lipinski definition) is 0. The lowest BCUT2D eigenvalue weighted by molar-refractivity contribution is 0.281. The highest BCUT2D eigenvalue weighted by Crippen LogP contribution is 2.05. The van der Waals surface area contributed by atoms with Crippen LogP contribution in [0.3, 0.4) is 0 Å². The normalized spacial score (nSPS) is 15.4. The summed E-state index contributed by atoms with van der Waals surface area (Å²) < 4.78 is 0. The van der Waals surface area contributed by atoms with Gasteiger partial charge in [-0.25, -0.2) is 0 Å². The topological polar surface area (TPSA) is 26.3 Å². The van der Waals surface area contributed by atoms with Crippen LogP contribution in [0.25, 0.3) is 0 Å². The van der Waals surface area contributed by atoms with Gasteiger partial charge in [-0.15, -0.1) is 0 Å². The first-order chi connectivity index (χ1) is 3.55. The molecule has 0 heterocycles. The molecule has 0 amide bonds. The minimum atomic E-state index is 0.148. The van der Waals surface area contributed by atoms with Gasteiger partial charge in [-0.1, -0.05) is 20.8 Å². The van der Waals surface area contributed by atoms with Crippen molar-refractivity contribution in [3.05, 3.63) is 5.21 Å². The Balaban J connectivity index is 3.46. The van der Waals surface area contributed by atoms with Crippen LogP contribution in [0.15, 0.2) is 0 Å². The molecule has 0 saturated heterocycles. The van der Waals surface area contributed by atoms with Crippen molar-refractivity contribution >= 4 is 0 Å². The van der Waals surface area contributed by atoms with Crippen molar-refractivity contribution in [3.8, 4) is 0 Å². The maximum absolute atomic E-state index is 10.5. The fraction of sp³-hybridized carbons (Fsp3) is 1.00. The summed E-state index contributed by atoms with van der Waals surface area (Å²) in [5, 5.41) is 11.5. The summed E-state index contributed by atoms with van der Waals surface area (Å²) in [7, 11) is 1.56. The monoisotopic (exact) mass is 116 g/mol. The Hall–Kier alpha value is -0.0800. The second kappa shape index (κ2) is 3.05. The highest BCUT2D eigenvalue weighted by atomic mass is 16.5.